The average Bonchev–Trinajstić information content (AvgIpc) is 2.85. The van der Waals surface area contributed by atoms with Crippen molar-refractivity contribution in [2.24, 2.45) is 0 Å². The molecule has 3 heteroatoms. The third kappa shape index (κ3) is 1.92. The van der Waals surface area contributed by atoms with Crippen molar-refractivity contribution in [1.82, 2.24) is 0 Å². The second-order valence-electron chi connectivity index (χ2n) is 5.90. The summed E-state index contributed by atoms with van der Waals surface area (Å²) < 4.78 is 5.79. The summed E-state index contributed by atoms with van der Waals surface area (Å²) in [4.78, 5) is 11.7. The molecule has 1 N–H and O–H groups in total. The van der Waals surface area contributed by atoms with Gasteiger partial charge in [0.25, 0.3) is 0 Å². The van der Waals surface area contributed by atoms with Crippen LogP contribution >= 0.6 is 0 Å². The zero-order chi connectivity index (χ0) is 14.4. The number of benzene rings is 1. The lowest BCUT2D eigenvalue weighted by Gasteiger charge is -2.26. The molecule has 1 aromatic carbocycles. The van der Waals surface area contributed by atoms with E-state index in [2.05, 4.69) is 20.8 Å². The summed E-state index contributed by atoms with van der Waals surface area (Å²) >= 11 is 0. The second-order valence-corrected chi connectivity index (χ2v) is 5.90. The molecule has 0 bridgehead atoms. The van der Waals surface area contributed by atoms with E-state index in [1.807, 2.05) is 0 Å². The minimum absolute atomic E-state index is 0.0108. The first-order valence-corrected chi connectivity index (χ1v) is 7.16. The highest BCUT2D eigenvalue weighted by atomic mass is 16.5. The summed E-state index contributed by atoms with van der Waals surface area (Å²) in [6, 6.07) is 0. The van der Waals surface area contributed by atoms with Crippen LogP contribution in [0, 0.1) is 20.8 Å². The van der Waals surface area contributed by atoms with Gasteiger partial charge in [-0.15, -0.1) is 0 Å². The predicted octanol–water partition coefficient (Wildman–Crippen LogP) is 3.44. The van der Waals surface area contributed by atoms with Crippen molar-refractivity contribution in [1.29, 1.82) is 0 Å². The Morgan fingerprint density at radius 2 is 1.90 bits per heavy atom. The first-order valence-electron chi connectivity index (χ1n) is 7.16. The molecule has 1 aliphatic heterocycles. The van der Waals surface area contributed by atoms with Crippen LogP contribution in [0.15, 0.2) is 11.8 Å². The van der Waals surface area contributed by atoms with Crippen LogP contribution in [0.5, 0.6) is 5.75 Å². The van der Waals surface area contributed by atoms with Gasteiger partial charge in [0.15, 0.2) is 5.78 Å². The molecule has 0 amide bonds. The fourth-order valence-corrected chi connectivity index (χ4v) is 3.67. The van der Waals surface area contributed by atoms with Gasteiger partial charge in [0.05, 0.1) is 12.4 Å². The molecule has 1 heterocycles. The van der Waals surface area contributed by atoms with E-state index < -0.39 is 0 Å². The first-order chi connectivity index (χ1) is 9.49. The quantitative estimate of drug-likeness (QED) is 0.852. The molecule has 0 aromatic heterocycles. The normalized spacial score (nSPS) is 21.4. The van der Waals surface area contributed by atoms with E-state index in [4.69, 9.17) is 4.74 Å². The molecule has 1 atom stereocenters. The molecule has 1 aromatic rings. The topological polar surface area (TPSA) is 46.5 Å². The highest BCUT2D eigenvalue weighted by Gasteiger charge is 2.29. The molecule has 0 fully saturated rings. The number of carbonyl (C=O) groups excluding carboxylic acids is 1. The molecule has 0 saturated carbocycles. The first kappa shape index (κ1) is 13.2. The lowest BCUT2D eigenvalue weighted by molar-refractivity contribution is -0.115. The number of allylic oxidation sites excluding steroid dienone is 2. The maximum Gasteiger partial charge on any atom is 0.159 e. The minimum atomic E-state index is 0.0108. The van der Waals surface area contributed by atoms with Gasteiger partial charge in [0.2, 0.25) is 0 Å². The summed E-state index contributed by atoms with van der Waals surface area (Å²) in [5, 5.41) is 9.76. The van der Waals surface area contributed by atoms with Gasteiger partial charge in [-0.05, 0) is 48.9 Å². The van der Waals surface area contributed by atoms with Crippen LogP contribution in [0.4, 0.5) is 0 Å². The number of aliphatic hydroxyl groups excluding tert-OH is 1. The summed E-state index contributed by atoms with van der Waals surface area (Å²) in [5.41, 5.74) is 6.17. The highest BCUT2D eigenvalue weighted by molar-refractivity contribution is 5.91. The smallest absolute Gasteiger partial charge is 0.159 e. The standard InChI is InChI=1S/C17H20O3/c1-9-10(2)16(11(3)17-15(9)4-5-20-17)12-6-13(18)8-14(19)7-12/h8,12,18H,4-7H2,1-3H3. The van der Waals surface area contributed by atoms with Crippen molar-refractivity contribution in [2.45, 2.75) is 46.0 Å². The minimum Gasteiger partial charge on any atom is -0.512 e. The summed E-state index contributed by atoms with van der Waals surface area (Å²) in [5.74, 6) is 1.28. The van der Waals surface area contributed by atoms with Crippen LogP contribution in [0.25, 0.3) is 0 Å². The molecule has 1 unspecified atom stereocenters. The van der Waals surface area contributed by atoms with Crippen LogP contribution in [0.1, 0.15) is 46.6 Å². The fraction of sp³-hybridized carbons (Fsp3) is 0.471. The summed E-state index contributed by atoms with van der Waals surface area (Å²) in [6.07, 6.45) is 3.35. The van der Waals surface area contributed by atoms with Crippen molar-refractivity contribution in [2.75, 3.05) is 6.61 Å². The molecule has 1 aliphatic carbocycles. The van der Waals surface area contributed by atoms with Crippen molar-refractivity contribution in [3.05, 3.63) is 39.7 Å². The van der Waals surface area contributed by atoms with Crippen LogP contribution in [-0.4, -0.2) is 17.5 Å². The van der Waals surface area contributed by atoms with Gasteiger partial charge in [-0.25, -0.2) is 0 Å². The van der Waals surface area contributed by atoms with Crippen molar-refractivity contribution in [3.63, 3.8) is 0 Å². The maximum atomic E-state index is 11.7. The number of rotatable bonds is 1. The van der Waals surface area contributed by atoms with Gasteiger partial charge in [0.1, 0.15) is 5.75 Å². The number of ketones is 1. The Morgan fingerprint density at radius 1 is 1.15 bits per heavy atom. The summed E-state index contributed by atoms with van der Waals surface area (Å²) in [6.45, 7) is 7.07. The van der Waals surface area contributed by atoms with E-state index in [0.29, 0.717) is 12.8 Å². The summed E-state index contributed by atoms with van der Waals surface area (Å²) in [7, 11) is 0. The van der Waals surface area contributed by atoms with Gasteiger partial charge >= 0.3 is 0 Å². The van der Waals surface area contributed by atoms with Gasteiger partial charge < -0.3 is 9.84 Å². The van der Waals surface area contributed by atoms with E-state index >= 15 is 0 Å². The molecule has 3 rings (SSSR count). The number of aliphatic hydroxyl groups is 1. The Bertz CT molecular complexity index is 626. The highest BCUT2D eigenvalue weighted by Crippen LogP contribution is 2.43. The fourth-order valence-electron chi connectivity index (χ4n) is 3.67. The van der Waals surface area contributed by atoms with E-state index in [1.165, 1.54) is 28.3 Å². The monoisotopic (exact) mass is 272 g/mol. The number of hydrogen-bond donors (Lipinski definition) is 1. The zero-order valence-corrected chi connectivity index (χ0v) is 12.2. The maximum absolute atomic E-state index is 11.7. The molecule has 0 spiro atoms. The van der Waals surface area contributed by atoms with Crippen LogP contribution in [0.3, 0.4) is 0 Å². The van der Waals surface area contributed by atoms with E-state index in [-0.39, 0.29) is 17.5 Å². The third-order valence-electron chi connectivity index (χ3n) is 4.68. The van der Waals surface area contributed by atoms with Crippen molar-refractivity contribution < 1.29 is 14.6 Å². The molecular weight excluding hydrogens is 252 g/mol. The molecule has 2 aliphatic rings. The van der Waals surface area contributed by atoms with Gasteiger partial charge in [-0.2, -0.15) is 0 Å². The lowest BCUT2D eigenvalue weighted by Crippen LogP contribution is -2.15. The average molecular weight is 272 g/mol. The predicted molar refractivity (Wildman–Crippen MR) is 77.5 cm³/mol. The molecular formula is C17H20O3. The molecule has 20 heavy (non-hydrogen) atoms. The Morgan fingerprint density at radius 3 is 2.60 bits per heavy atom. The van der Waals surface area contributed by atoms with Crippen LogP contribution in [0.2, 0.25) is 0 Å². The number of carbonyl (C=O) groups is 1. The van der Waals surface area contributed by atoms with Crippen molar-refractivity contribution in [3.8, 4) is 5.75 Å². The van der Waals surface area contributed by atoms with E-state index in [9.17, 15) is 9.90 Å². The van der Waals surface area contributed by atoms with E-state index in [1.54, 1.807) is 0 Å². The number of ether oxygens (including phenoxy) is 1. The van der Waals surface area contributed by atoms with Crippen LogP contribution < -0.4 is 4.74 Å². The SMILES string of the molecule is Cc1c(C)c(C2CC(=O)C=C(O)C2)c(C)c2c1CCO2. The Kier molecular flexibility index (Phi) is 3.08. The van der Waals surface area contributed by atoms with E-state index in [0.717, 1.165) is 24.3 Å². The largest absolute Gasteiger partial charge is 0.512 e. The Balaban J connectivity index is 2.13. The van der Waals surface area contributed by atoms with Gasteiger partial charge in [-0.1, -0.05) is 0 Å². The Hall–Kier alpha value is -1.77. The van der Waals surface area contributed by atoms with Gasteiger partial charge in [0, 0.05) is 30.9 Å². The molecule has 106 valence electrons. The lowest BCUT2D eigenvalue weighted by atomic mass is 9.79. The molecule has 3 nitrogen and oxygen atoms in total. The molecule has 0 radical (unpaired) electrons. The Labute approximate surface area is 119 Å². The van der Waals surface area contributed by atoms with Crippen LogP contribution in [-0.2, 0) is 11.2 Å². The number of fused-ring (bicyclic) bond motifs is 1. The van der Waals surface area contributed by atoms with Crippen molar-refractivity contribution >= 4 is 5.78 Å². The molecule has 0 saturated heterocycles. The zero-order valence-electron chi connectivity index (χ0n) is 12.2. The second kappa shape index (κ2) is 4.65. The number of hydrogen-bond acceptors (Lipinski definition) is 3. The van der Waals surface area contributed by atoms with Gasteiger partial charge in [-0.3, -0.25) is 4.79 Å². The third-order valence-corrected chi connectivity index (χ3v) is 4.68.